The highest BCUT2D eigenvalue weighted by atomic mass is 16.5. The lowest BCUT2D eigenvalue weighted by molar-refractivity contribution is -0.120. The minimum atomic E-state index is -0.0374. The molecule has 0 unspecified atom stereocenters. The van der Waals surface area contributed by atoms with Gasteiger partial charge in [-0.2, -0.15) is 0 Å². The lowest BCUT2D eigenvalue weighted by Gasteiger charge is -2.12. The Morgan fingerprint density at radius 1 is 1.07 bits per heavy atom. The first kappa shape index (κ1) is 20.0. The predicted molar refractivity (Wildman–Crippen MR) is 120 cm³/mol. The van der Waals surface area contributed by atoms with E-state index in [4.69, 9.17) is 9.15 Å². The number of carbonyl (C=O) groups is 1. The van der Waals surface area contributed by atoms with Gasteiger partial charge in [0.25, 0.3) is 0 Å². The summed E-state index contributed by atoms with van der Waals surface area (Å²) in [6, 6.07) is 20.0. The van der Waals surface area contributed by atoms with Crippen molar-refractivity contribution >= 4 is 27.6 Å². The number of ether oxygens (including phenoxy) is 1. The van der Waals surface area contributed by atoms with E-state index in [0.717, 1.165) is 45.2 Å². The molecule has 0 radical (unpaired) electrons. The molecule has 0 fully saturated rings. The normalized spacial score (nSPS) is 11.3. The molecule has 5 heteroatoms. The number of benzene rings is 3. The van der Waals surface area contributed by atoms with Gasteiger partial charge in [0.05, 0.1) is 12.7 Å². The van der Waals surface area contributed by atoms with Crippen molar-refractivity contribution in [1.29, 1.82) is 0 Å². The van der Waals surface area contributed by atoms with Gasteiger partial charge in [-0.1, -0.05) is 42.5 Å². The molecule has 4 aromatic rings. The Bertz CT molecular complexity index is 1160. The number of likely N-dealkylation sites (N-methyl/N-ethyl adjacent to an activating group) is 1. The smallest absolute Gasteiger partial charge is 0.224 e. The zero-order chi connectivity index (χ0) is 20.9. The highest BCUT2D eigenvalue weighted by Crippen LogP contribution is 2.30. The molecular weight excluding hydrogens is 376 g/mol. The zero-order valence-electron chi connectivity index (χ0n) is 17.4. The molecule has 0 aliphatic carbocycles. The second kappa shape index (κ2) is 9.01. The third-order valence-corrected chi connectivity index (χ3v) is 5.09. The standard InChI is InChI=1S/C25H26N2O3/c1-27(2)12-13-29-21-8-5-6-18(14-21)16-26-24(28)15-20-17-30-23-11-10-19-7-3-4-9-22(19)25(20)23/h3-11,14,17H,12-13,15-16H2,1-2H3,(H,26,28). The third-order valence-electron chi connectivity index (χ3n) is 5.09. The average molecular weight is 402 g/mol. The molecule has 1 amide bonds. The Labute approximate surface area is 176 Å². The van der Waals surface area contributed by atoms with E-state index in [1.807, 2.05) is 62.6 Å². The fraction of sp³-hybridized carbons (Fsp3) is 0.240. The van der Waals surface area contributed by atoms with E-state index in [0.29, 0.717) is 13.2 Å². The third kappa shape index (κ3) is 4.63. The largest absolute Gasteiger partial charge is 0.492 e. The maximum atomic E-state index is 12.6. The maximum Gasteiger partial charge on any atom is 0.224 e. The van der Waals surface area contributed by atoms with Crippen molar-refractivity contribution in [3.63, 3.8) is 0 Å². The molecule has 0 spiro atoms. The highest BCUT2D eigenvalue weighted by Gasteiger charge is 2.13. The fourth-order valence-corrected chi connectivity index (χ4v) is 3.53. The Kier molecular flexibility index (Phi) is 6.00. The van der Waals surface area contributed by atoms with Crippen LogP contribution in [0.4, 0.5) is 0 Å². The van der Waals surface area contributed by atoms with Crippen molar-refractivity contribution in [3.05, 3.63) is 78.1 Å². The highest BCUT2D eigenvalue weighted by molar-refractivity contribution is 6.08. The van der Waals surface area contributed by atoms with Gasteiger partial charge in [0.15, 0.2) is 0 Å². The van der Waals surface area contributed by atoms with Gasteiger partial charge in [0, 0.05) is 24.0 Å². The van der Waals surface area contributed by atoms with Crippen LogP contribution >= 0.6 is 0 Å². The second-order valence-corrected chi connectivity index (χ2v) is 7.67. The van der Waals surface area contributed by atoms with Gasteiger partial charge in [0.1, 0.15) is 17.9 Å². The van der Waals surface area contributed by atoms with E-state index in [9.17, 15) is 4.79 Å². The average Bonchev–Trinajstić information content (AvgIpc) is 3.15. The summed E-state index contributed by atoms with van der Waals surface area (Å²) in [7, 11) is 4.03. The van der Waals surface area contributed by atoms with Crippen LogP contribution in [0.15, 0.2) is 71.3 Å². The molecule has 1 heterocycles. The summed E-state index contributed by atoms with van der Waals surface area (Å²) in [6.07, 6.45) is 1.97. The molecular formula is C25H26N2O3. The fourth-order valence-electron chi connectivity index (χ4n) is 3.53. The molecule has 3 aromatic carbocycles. The molecule has 0 atom stereocenters. The molecule has 0 bridgehead atoms. The van der Waals surface area contributed by atoms with E-state index in [1.165, 1.54) is 0 Å². The molecule has 1 N–H and O–H groups in total. The van der Waals surface area contributed by atoms with Crippen LogP contribution in [0.3, 0.4) is 0 Å². The number of furan rings is 1. The van der Waals surface area contributed by atoms with Crippen LogP contribution in [-0.2, 0) is 17.8 Å². The SMILES string of the molecule is CN(C)CCOc1cccc(CNC(=O)Cc2coc3ccc4ccccc4c23)c1. The number of carbonyl (C=O) groups excluding carboxylic acids is 1. The number of fused-ring (bicyclic) bond motifs is 3. The van der Waals surface area contributed by atoms with E-state index in [1.54, 1.807) is 6.26 Å². The first-order valence-electron chi connectivity index (χ1n) is 10.1. The summed E-state index contributed by atoms with van der Waals surface area (Å²) in [5.74, 6) is 0.778. The monoisotopic (exact) mass is 402 g/mol. The lowest BCUT2D eigenvalue weighted by atomic mass is 10.0. The molecule has 154 valence electrons. The number of rotatable bonds is 8. The van der Waals surface area contributed by atoms with Gasteiger partial charge >= 0.3 is 0 Å². The topological polar surface area (TPSA) is 54.7 Å². The van der Waals surface area contributed by atoms with Crippen LogP contribution < -0.4 is 10.1 Å². The molecule has 1 aromatic heterocycles. The zero-order valence-corrected chi connectivity index (χ0v) is 17.4. The van der Waals surface area contributed by atoms with Crippen LogP contribution in [0.2, 0.25) is 0 Å². The van der Waals surface area contributed by atoms with Gasteiger partial charge in [-0.15, -0.1) is 0 Å². The van der Waals surface area contributed by atoms with E-state index in [2.05, 4.69) is 22.3 Å². The number of amides is 1. The summed E-state index contributed by atoms with van der Waals surface area (Å²) < 4.78 is 11.5. The van der Waals surface area contributed by atoms with Crippen LogP contribution in [0.1, 0.15) is 11.1 Å². The van der Waals surface area contributed by atoms with Crippen molar-refractivity contribution in [3.8, 4) is 5.75 Å². The molecule has 0 saturated carbocycles. The quantitative estimate of drug-likeness (QED) is 0.475. The molecule has 5 nitrogen and oxygen atoms in total. The summed E-state index contributed by atoms with van der Waals surface area (Å²) in [5, 5.41) is 6.26. The summed E-state index contributed by atoms with van der Waals surface area (Å²) in [5.41, 5.74) is 2.72. The number of nitrogens with one attached hydrogen (secondary N) is 1. The van der Waals surface area contributed by atoms with Crippen molar-refractivity contribution in [2.45, 2.75) is 13.0 Å². The van der Waals surface area contributed by atoms with E-state index in [-0.39, 0.29) is 12.3 Å². The van der Waals surface area contributed by atoms with E-state index < -0.39 is 0 Å². The van der Waals surface area contributed by atoms with Crippen LogP contribution in [0.25, 0.3) is 21.7 Å². The number of nitrogens with zero attached hydrogens (tertiary/aromatic N) is 1. The number of hydrogen-bond donors (Lipinski definition) is 1. The summed E-state index contributed by atoms with van der Waals surface area (Å²) >= 11 is 0. The molecule has 0 aliphatic rings. The second-order valence-electron chi connectivity index (χ2n) is 7.67. The van der Waals surface area contributed by atoms with Crippen LogP contribution in [-0.4, -0.2) is 38.1 Å². The van der Waals surface area contributed by atoms with Crippen LogP contribution in [0, 0.1) is 0 Å². The van der Waals surface area contributed by atoms with Gasteiger partial charge in [0.2, 0.25) is 5.91 Å². The first-order valence-corrected chi connectivity index (χ1v) is 10.1. The van der Waals surface area contributed by atoms with Crippen molar-refractivity contribution in [1.82, 2.24) is 10.2 Å². The molecule has 4 rings (SSSR count). The van der Waals surface area contributed by atoms with E-state index >= 15 is 0 Å². The van der Waals surface area contributed by atoms with Gasteiger partial charge in [-0.05, 0) is 48.6 Å². The molecule has 0 saturated heterocycles. The predicted octanol–water partition coefficient (Wildman–Crippen LogP) is 4.39. The van der Waals surface area contributed by atoms with Gasteiger partial charge in [-0.25, -0.2) is 0 Å². The van der Waals surface area contributed by atoms with Crippen molar-refractivity contribution < 1.29 is 13.9 Å². The Morgan fingerprint density at radius 2 is 1.93 bits per heavy atom. The molecule has 0 aliphatic heterocycles. The van der Waals surface area contributed by atoms with Crippen molar-refractivity contribution in [2.24, 2.45) is 0 Å². The summed E-state index contributed by atoms with van der Waals surface area (Å²) in [4.78, 5) is 14.7. The van der Waals surface area contributed by atoms with Gasteiger partial charge < -0.3 is 19.4 Å². The first-order chi connectivity index (χ1) is 14.6. The Hall–Kier alpha value is -3.31. The van der Waals surface area contributed by atoms with Crippen LogP contribution in [0.5, 0.6) is 5.75 Å². The lowest BCUT2D eigenvalue weighted by Crippen LogP contribution is -2.24. The minimum Gasteiger partial charge on any atom is -0.492 e. The Morgan fingerprint density at radius 3 is 2.80 bits per heavy atom. The molecule has 30 heavy (non-hydrogen) atoms. The number of hydrogen-bond acceptors (Lipinski definition) is 4. The maximum absolute atomic E-state index is 12.6. The summed E-state index contributed by atoms with van der Waals surface area (Å²) in [6.45, 7) is 1.94. The van der Waals surface area contributed by atoms with Crippen molar-refractivity contribution in [2.75, 3.05) is 27.2 Å². The Balaban J connectivity index is 1.41. The minimum absolute atomic E-state index is 0.0374. The van der Waals surface area contributed by atoms with Gasteiger partial charge in [-0.3, -0.25) is 4.79 Å².